The first-order chi connectivity index (χ1) is 17.7. The number of carbonyl (C=O) groups is 1. The third-order valence-electron chi connectivity index (χ3n) is 5.84. The number of aliphatic carboxylic acids is 1. The van der Waals surface area contributed by atoms with Gasteiger partial charge in [-0.2, -0.15) is 13.2 Å². The average molecular weight is 518 g/mol. The number of aryl methyl sites for hydroxylation is 1. The number of carboxylic acids is 1. The summed E-state index contributed by atoms with van der Waals surface area (Å²) in [5, 5.41) is 9.02. The third kappa shape index (κ3) is 7.38. The molecular formula is C28H30F3NO5. The van der Waals surface area contributed by atoms with Crippen molar-refractivity contribution in [3.8, 4) is 28.5 Å². The number of unbranched alkanes of at least 4 members (excludes halogenated alkanes) is 1. The molecule has 37 heavy (non-hydrogen) atoms. The van der Waals surface area contributed by atoms with Crippen LogP contribution in [0.15, 0.2) is 54.6 Å². The monoisotopic (exact) mass is 517 g/mol. The highest BCUT2D eigenvalue weighted by Gasteiger charge is 2.30. The summed E-state index contributed by atoms with van der Waals surface area (Å²) in [4.78, 5) is 15.7. The third-order valence-corrected chi connectivity index (χ3v) is 5.84. The minimum Gasteiger partial charge on any atom is -0.493 e. The van der Waals surface area contributed by atoms with Crippen LogP contribution in [0.3, 0.4) is 0 Å². The van der Waals surface area contributed by atoms with E-state index in [0.717, 1.165) is 30.5 Å². The van der Waals surface area contributed by atoms with E-state index in [1.807, 2.05) is 6.07 Å². The molecule has 0 fully saturated rings. The summed E-state index contributed by atoms with van der Waals surface area (Å²) in [5.74, 6) is 0.268. The Kier molecular flexibility index (Phi) is 9.38. The summed E-state index contributed by atoms with van der Waals surface area (Å²) in [7, 11) is 2.99. The fourth-order valence-electron chi connectivity index (χ4n) is 3.87. The number of benzene rings is 2. The molecule has 0 radical (unpaired) electrons. The van der Waals surface area contributed by atoms with Crippen LogP contribution in [0.1, 0.15) is 55.5 Å². The van der Waals surface area contributed by atoms with Crippen molar-refractivity contribution in [1.82, 2.24) is 4.98 Å². The summed E-state index contributed by atoms with van der Waals surface area (Å²) < 4.78 is 56.4. The maximum absolute atomic E-state index is 13.0. The minimum absolute atomic E-state index is 0.0354. The number of aromatic nitrogens is 1. The highest BCUT2D eigenvalue weighted by Crippen LogP contribution is 2.42. The van der Waals surface area contributed by atoms with E-state index in [0.29, 0.717) is 47.0 Å². The van der Waals surface area contributed by atoms with Crippen LogP contribution in [0.2, 0.25) is 0 Å². The van der Waals surface area contributed by atoms with Crippen molar-refractivity contribution in [1.29, 1.82) is 0 Å². The molecular weight excluding hydrogens is 487 g/mol. The Bertz CT molecular complexity index is 1170. The molecule has 2 aromatic carbocycles. The lowest BCUT2D eigenvalue weighted by Gasteiger charge is -2.23. The van der Waals surface area contributed by atoms with Gasteiger partial charge >= 0.3 is 12.1 Å². The van der Waals surface area contributed by atoms with Crippen molar-refractivity contribution in [3.05, 3.63) is 71.4 Å². The lowest BCUT2D eigenvalue weighted by Crippen LogP contribution is -2.12. The minimum atomic E-state index is -4.41. The van der Waals surface area contributed by atoms with E-state index < -0.39 is 23.8 Å². The van der Waals surface area contributed by atoms with E-state index in [9.17, 15) is 18.0 Å². The van der Waals surface area contributed by atoms with Crippen molar-refractivity contribution in [2.75, 3.05) is 14.2 Å². The Morgan fingerprint density at radius 3 is 2.22 bits per heavy atom. The van der Waals surface area contributed by atoms with Gasteiger partial charge in [-0.15, -0.1) is 0 Å². The summed E-state index contributed by atoms with van der Waals surface area (Å²) in [6, 6.07) is 13.7. The fraction of sp³-hybridized carbons (Fsp3) is 0.357. The molecule has 1 N–H and O–H groups in total. The summed E-state index contributed by atoms with van der Waals surface area (Å²) in [5.41, 5.74) is 1.71. The Labute approximate surface area is 214 Å². The van der Waals surface area contributed by atoms with Gasteiger partial charge in [-0.3, -0.25) is 4.79 Å². The van der Waals surface area contributed by atoms with E-state index in [2.05, 4.69) is 6.92 Å². The molecule has 1 atom stereocenters. The molecule has 0 spiro atoms. The number of halogens is 3. The topological polar surface area (TPSA) is 77.9 Å². The number of pyridine rings is 1. The highest BCUT2D eigenvalue weighted by atomic mass is 19.4. The van der Waals surface area contributed by atoms with Crippen LogP contribution in [0.5, 0.6) is 17.2 Å². The lowest BCUT2D eigenvalue weighted by molar-refractivity contribution is -0.138. The summed E-state index contributed by atoms with van der Waals surface area (Å²) in [6.07, 6.45) is -2.23. The molecule has 3 aromatic rings. The molecule has 0 aliphatic rings. The molecule has 1 unspecified atom stereocenters. The number of nitrogens with zero attached hydrogens (tertiary/aromatic N) is 1. The fourth-order valence-corrected chi connectivity index (χ4v) is 3.87. The molecule has 1 aromatic heterocycles. The molecule has 198 valence electrons. The van der Waals surface area contributed by atoms with Gasteiger partial charge in [0.05, 0.1) is 31.2 Å². The maximum atomic E-state index is 13.0. The van der Waals surface area contributed by atoms with Crippen LogP contribution in [0.25, 0.3) is 11.3 Å². The van der Waals surface area contributed by atoms with E-state index in [1.165, 1.54) is 26.4 Å². The second kappa shape index (κ2) is 12.5. The van der Waals surface area contributed by atoms with Crippen molar-refractivity contribution < 1.29 is 37.3 Å². The maximum Gasteiger partial charge on any atom is 0.416 e. The van der Waals surface area contributed by atoms with Gasteiger partial charge in [-0.1, -0.05) is 31.5 Å². The predicted octanol–water partition coefficient (Wildman–Crippen LogP) is 7.11. The van der Waals surface area contributed by atoms with Crippen LogP contribution in [0, 0.1) is 0 Å². The number of alkyl halides is 3. The first-order valence-electron chi connectivity index (χ1n) is 11.9. The van der Waals surface area contributed by atoms with Gasteiger partial charge in [0.2, 0.25) is 5.75 Å². The second-order valence-electron chi connectivity index (χ2n) is 8.49. The first kappa shape index (κ1) is 27.8. The number of carboxylic acid groups (broad SMARTS) is 1. The van der Waals surface area contributed by atoms with Gasteiger partial charge in [-0.25, -0.2) is 4.98 Å². The molecule has 9 heteroatoms. The number of hydrogen-bond acceptors (Lipinski definition) is 5. The van der Waals surface area contributed by atoms with Crippen LogP contribution in [-0.2, 0) is 17.4 Å². The van der Waals surface area contributed by atoms with Crippen LogP contribution < -0.4 is 14.2 Å². The molecule has 0 amide bonds. The van der Waals surface area contributed by atoms with Gasteiger partial charge in [0.15, 0.2) is 11.5 Å². The summed E-state index contributed by atoms with van der Waals surface area (Å²) >= 11 is 0. The van der Waals surface area contributed by atoms with Crippen molar-refractivity contribution in [2.45, 2.75) is 51.3 Å². The number of ether oxygens (including phenoxy) is 3. The molecule has 0 saturated carbocycles. The lowest BCUT2D eigenvalue weighted by atomic mass is 10.0. The Balaban J connectivity index is 1.95. The predicted molar refractivity (Wildman–Crippen MR) is 133 cm³/mol. The number of rotatable bonds is 12. The number of methoxy groups -OCH3 is 2. The van der Waals surface area contributed by atoms with Gasteiger partial charge in [0, 0.05) is 12.0 Å². The zero-order valence-electron chi connectivity index (χ0n) is 21.0. The second-order valence-corrected chi connectivity index (χ2v) is 8.49. The quantitative estimate of drug-likeness (QED) is 0.276. The Morgan fingerprint density at radius 2 is 1.68 bits per heavy atom. The average Bonchev–Trinajstić information content (AvgIpc) is 2.89. The SMILES string of the molecule is CCCCC(Oc1c(OC)cc(CCC(=O)O)cc1OC)c1cccc(-c2ccc(C(F)(F)F)cc2)n1. The molecule has 1 heterocycles. The van der Waals surface area contributed by atoms with Crippen LogP contribution in [-0.4, -0.2) is 30.3 Å². The van der Waals surface area contributed by atoms with Crippen molar-refractivity contribution in [3.63, 3.8) is 0 Å². The molecule has 0 aliphatic heterocycles. The first-order valence-corrected chi connectivity index (χ1v) is 11.9. The standard InChI is InChI=1S/C28H30F3NO5/c1-4-5-9-23(37-27-24(35-2)16-18(10-15-26(33)34)17-25(27)36-3)22-8-6-7-21(32-22)19-11-13-20(14-12-19)28(29,30)31/h6-8,11-14,16-17,23H,4-5,9-10,15H2,1-3H3,(H,33,34). The van der Waals surface area contributed by atoms with Crippen LogP contribution in [0.4, 0.5) is 13.2 Å². The highest BCUT2D eigenvalue weighted by molar-refractivity contribution is 5.67. The van der Waals surface area contributed by atoms with Gasteiger partial charge in [0.25, 0.3) is 0 Å². The van der Waals surface area contributed by atoms with Gasteiger partial charge in [-0.05, 0) is 61.2 Å². The van der Waals surface area contributed by atoms with Crippen molar-refractivity contribution in [2.24, 2.45) is 0 Å². The largest absolute Gasteiger partial charge is 0.493 e. The van der Waals surface area contributed by atoms with E-state index in [1.54, 1.807) is 24.3 Å². The smallest absolute Gasteiger partial charge is 0.416 e. The van der Waals surface area contributed by atoms with Crippen LogP contribution >= 0.6 is 0 Å². The van der Waals surface area contributed by atoms with E-state index in [-0.39, 0.29) is 6.42 Å². The Morgan fingerprint density at radius 1 is 1.03 bits per heavy atom. The normalized spacial score (nSPS) is 12.2. The van der Waals surface area contributed by atoms with Crippen molar-refractivity contribution >= 4 is 5.97 Å². The zero-order valence-corrected chi connectivity index (χ0v) is 21.0. The molecule has 6 nitrogen and oxygen atoms in total. The van der Waals surface area contributed by atoms with E-state index >= 15 is 0 Å². The molecule has 0 aliphatic carbocycles. The van der Waals surface area contributed by atoms with E-state index in [4.69, 9.17) is 24.3 Å². The molecule has 0 saturated heterocycles. The number of hydrogen-bond donors (Lipinski definition) is 1. The molecule has 3 rings (SSSR count). The zero-order chi connectivity index (χ0) is 27.0. The molecule has 0 bridgehead atoms. The Hall–Kier alpha value is -3.75. The summed E-state index contributed by atoms with van der Waals surface area (Å²) in [6.45, 7) is 2.06. The van der Waals surface area contributed by atoms with Gasteiger partial charge < -0.3 is 19.3 Å². The van der Waals surface area contributed by atoms with Gasteiger partial charge in [0.1, 0.15) is 6.10 Å².